The van der Waals surface area contributed by atoms with Crippen molar-refractivity contribution in [2.45, 2.75) is 25.7 Å². The summed E-state index contributed by atoms with van der Waals surface area (Å²) in [6, 6.07) is 7.67. The zero-order chi connectivity index (χ0) is 17.4. The fraction of sp³-hybridized carbons (Fsp3) is 0.278. The average Bonchev–Trinajstić information content (AvgIpc) is 3.20. The summed E-state index contributed by atoms with van der Waals surface area (Å²) in [4.78, 5) is 12.6. The molecule has 2 aromatic heterocycles. The monoisotopic (exact) mass is 340 g/mol. The van der Waals surface area contributed by atoms with Crippen molar-refractivity contribution in [2.75, 3.05) is 5.32 Å². The van der Waals surface area contributed by atoms with Crippen molar-refractivity contribution in [3.05, 3.63) is 53.1 Å². The number of benzene rings is 1. The van der Waals surface area contributed by atoms with Gasteiger partial charge < -0.3 is 4.52 Å². The minimum atomic E-state index is -0.312. The fourth-order valence-electron chi connectivity index (χ4n) is 3.10. The average molecular weight is 340 g/mol. The summed E-state index contributed by atoms with van der Waals surface area (Å²) in [7, 11) is 1.69. The van der Waals surface area contributed by atoms with E-state index in [9.17, 15) is 9.18 Å². The third-order valence-corrected chi connectivity index (χ3v) is 4.44. The van der Waals surface area contributed by atoms with Crippen molar-refractivity contribution in [1.82, 2.24) is 14.9 Å². The Morgan fingerprint density at radius 3 is 2.80 bits per heavy atom. The summed E-state index contributed by atoms with van der Waals surface area (Å²) in [5.41, 5.74) is 3.65. The third-order valence-electron chi connectivity index (χ3n) is 4.44. The van der Waals surface area contributed by atoms with Crippen LogP contribution in [-0.2, 0) is 19.9 Å². The van der Waals surface area contributed by atoms with Crippen molar-refractivity contribution >= 4 is 11.8 Å². The molecule has 0 fully saturated rings. The number of aromatic nitrogens is 3. The topological polar surface area (TPSA) is 73.0 Å². The lowest BCUT2D eigenvalue weighted by Crippen LogP contribution is -2.17. The van der Waals surface area contributed by atoms with E-state index in [1.54, 1.807) is 25.2 Å². The predicted octanol–water partition coefficient (Wildman–Crippen LogP) is 3.35. The molecule has 1 aromatic carbocycles. The van der Waals surface area contributed by atoms with E-state index in [4.69, 9.17) is 4.52 Å². The van der Waals surface area contributed by atoms with E-state index in [2.05, 4.69) is 15.6 Å². The number of nitrogens with one attached hydrogen (secondary N) is 1. The highest BCUT2D eigenvalue weighted by Gasteiger charge is 2.22. The number of hydrogen-bond donors (Lipinski definition) is 1. The van der Waals surface area contributed by atoms with Crippen LogP contribution < -0.4 is 5.32 Å². The predicted molar refractivity (Wildman–Crippen MR) is 89.7 cm³/mol. The van der Waals surface area contributed by atoms with Crippen LogP contribution in [0.25, 0.3) is 11.3 Å². The second kappa shape index (κ2) is 6.16. The number of aryl methyl sites for hydroxylation is 2. The summed E-state index contributed by atoms with van der Waals surface area (Å²) >= 11 is 0. The highest BCUT2D eigenvalue weighted by atomic mass is 19.1. The number of hydrogen-bond acceptors (Lipinski definition) is 4. The highest BCUT2D eigenvalue weighted by molar-refractivity contribution is 6.03. The molecule has 128 valence electrons. The maximum absolute atomic E-state index is 13.1. The number of carbonyl (C=O) groups excluding carboxylic acids is 1. The van der Waals surface area contributed by atoms with Gasteiger partial charge in [0.15, 0.2) is 0 Å². The molecule has 1 aliphatic carbocycles. The molecular formula is C18H17FN4O2. The van der Waals surface area contributed by atoms with Crippen LogP contribution in [0.3, 0.4) is 0 Å². The van der Waals surface area contributed by atoms with E-state index in [0.717, 1.165) is 42.5 Å². The van der Waals surface area contributed by atoms with Gasteiger partial charge in [0.05, 0.1) is 11.4 Å². The summed E-state index contributed by atoms with van der Waals surface area (Å²) < 4.78 is 19.9. The molecule has 7 heteroatoms. The highest BCUT2D eigenvalue weighted by Crippen LogP contribution is 2.28. The van der Waals surface area contributed by atoms with Crippen LogP contribution in [0.2, 0.25) is 0 Å². The van der Waals surface area contributed by atoms with Gasteiger partial charge in [0.2, 0.25) is 5.88 Å². The maximum atomic E-state index is 13.1. The van der Waals surface area contributed by atoms with Gasteiger partial charge in [-0.05, 0) is 56.0 Å². The van der Waals surface area contributed by atoms with E-state index in [0.29, 0.717) is 17.3 Å². The Morgan fingerprint density at radius 1 is 1.24 bits per heavy atom. The molecule has 0 unspecified atom stereocenters. The van der Waals surface area contributed by atoms with E-state index in [1.807, 2.05) is 0 Å². The Balaban J connectivity index is 1.58. The number of rotatable bonds is 3. The molecule has 25 heavy (non-hydrogen) atoms. The largest absolute Gasteiger partial charge is 0.338 e. The minimum Gasteiger partial charge on any atom is -0.338 e. The first-order chi connectivity index (χ1) is 12.1. The van der Waals surface area contributed by atoms with Crippen LogP contribution in [0.4, 0.5) is 10.3 Å². The molecule has 2 heterocycles. The zero-order valence-corrected chi connectivity index (χ0v) is 13.8. The van der Waals surface area contributed by atoms with Crippen LogP contribution in [0.5, 0.6) is 0 Å². The number of amides is 1. The fourth-order valence-corrected chi connectivity index (χ4v) is 3.10. The number of fused-ring (bicyclic) bond motifs is 1. The molecule has 1 N–H and O–H groups in total. The van der Waals surface area contributed by atoms with Gasteiger partial charge in [-0.3, -0.25) is 14.8 Å². The van der Waals surface area contributed by atoms with Crippen molar-refractivity contribution in [1.29, 1.82) is 0 Å². The number of nitrogens with zero attached hydrogens (tertiary/aromatic N) is 3. The molecule has 0 spiro atoms. The van der Waals surface area contributed by atoms with Crippen LogP contribution in [0.1, 0.15) is 34.6 Å². The minimum absolute atomic E-state index is 0.312. The van der Waals surface area contributed by atoms with Crippen molar-refractivity contribution in [2.24, 2.45) is 7.05 Å². The molecule has 1 aliphatic rings. The lowest BCUT2D eigenvalue weighted by molar-refractivity contribution is 0.101. The lowest BCUT2D eigenvalue weighted by Gasteiger charge is -2.09. The molecule has 0 saturated heterocycles. The molecule has 3 aromatic rings. The van der Waals surface area contributed by atoms with Gasteiger partial charge in [0, 0.05) is 18.2 Å². The Morgan fingerprint density at radius 2 is 2.00 bits per heavy atom. The first-order valence-corrected chi connectivity index (χ1v) is 8.20. The van der Waals surface area contributed by atoms with Crippen LogP contribution in [0.15, 0.2) is 34.9 Å². The zero-order valence-electron chi connectivity index (χ0n) is 13.8. The Kier molecular flexibility index (Phi) is 3.83. The maximum Gasteiger partial charge on any atom is 0.276 e. The van der Waals surface area contributed by atoms with Gasteiger partial charge in [-0.25, -0.2) is 4.39 Å². The van der Waals surface area contributed by atoms with Crippen molar-refractivity contribution in [3.63, 3.8) is 0 Å². The first-order valence-electron chi connectivity index (χ1n) is 8.20. The second-order valence-electron chi connectivity index (χ2n) is 6.14. The molecule has 6 nitrogen and oxygen atoms in total. The summed E-state index contributed by atoms with van der Waals surface area (Å²) in [6.07, 6.45) is 3.91. The second-order valence-corrected chi connectivity index (χ2v) is 6.14. The van der Waals surface area contributed by atoms with Crippen molar-refractivity contribution < 1.29 is 13.7 Å². The number of halogens is 1. The normalized spacial score (nSPS) is 13.5. The molecule has 4 rings (SSSR count). The molecule has 1 amide bonds. The standard InChI is InChI=1S/C18H17FN4O2/c1-23-16(10-15(21-23)11-6-8-12(19)9-7-11)17(24)20-18-13-4-2-3-5-14(13)22-25-18/h6-10H,2-5H2,1H3,(H,20,24). The van der Waals surface area contributed by atoms with Gasteiger partial charge in [-0.2, -0.15) is 5.10 Å². The van der Waals surface area contributed by atoms with Gasteiger partial charge >= 0.3 is 0 Å². The Bertz CT molecular complexity index is 927. The quantitative estimate of drug-likeness (QED) is 0.793. The molecule has 0 radical (unpaired) electrons. The van der Waals surface area contributed by atoms with E-state index in [-0.39, 0.29) is 11.7 Å². The van der Waals surface area contributed by atoms with Gasteiger partial charge in [0.25, 0.3) is 5.91 Å². The molecule has 0 bridgehead atoms. The lowest BCUT2D eigenvalue weighted by atomic mass is 9.98. The molecule has 0 saturated carbocycles. The SMILES string of the molecule is Cn1nc(-c2ccc(F)cc2)cc1C(=O)Nc1onc2c1CCCC2. The van der Waals surface area contributed by atoms with Crippen LogP contribution >= 0.6 is 0 Å². The van der Waals surface area contributed by atoms with E-state index < -0.39 is 0 Å². The summed E-state index contributed by atoms with van der Waals surface area (Å²) in [5.74, 6) is -0.204. The first kappa shape index (κ1) is 15.6. The Hall–Kier alpha value is -2.96. The van der Waals surface area contributed by atoms with Gasteiger partial charge in [-0.1, -0.05) is 5.16 Å². The number of carbonyl (C=O) groups is 1. The summed E-state index contributed by atoms with van der Waals surface area (Å²) in [5, 5.41) is 11.2. The van der Waals surface area contributed by atoms with Gasteiger partial charge in [0.1, 0.15) is 11.5 Å². The molecule has 0 atom stereocenters. The van der Waals surface area contributed by atoms with E-state index >= 15 is 0 Å². The van der Waals surface area contributed by atoms with Crippen LogP contribution in [-0.4, -0.2) is 20.8 Å². The van der Waals surface area contributed by atoms with E-state index in [1.165, 1.54) is 16.8 Å². The third kappa shape index (κ3) is 2.93. The Labute approximate surface area is 143 Å². The van der Waals surface area contributed by atoms with Crippen molar-refractivity contribution in [3.8, 4) is 11.3 Å². The summed E-state index contributed by atoms with van der Waals surface area (Å²) in [6.45, 7) is 0. The molecular weight excluding hydrogens is 323 g/mol. The number of anilines is 1. The van der Waals surface area contributed by atoms with Gasteiger partial charge in [-0.15, -0.1) is 0 Å². The smallest absolute Gasteiger partial charge is 0.276 e. The van der Waals surface area contributed by atoms with Crippen LogP contribution in [0, 0.1) is 5.82 Å². The molecule has 0 aliphatic heterocycles.